The Hall–Kier alpha value is -3.32. The molecule has 0 bridgehead atoms. The molecule has 1 heterocycles. The number of benzene rings is 2. The number of amides is 2. The van der Waals surface area contributed by atoms with Gasteiger partial charge in [-0.05, 0) is 55.3 Å². The standard InChI is InChI=1S/C22H23ClN4O3/c1-14-12-20(27(3)26-14)21(28)24-15(2)17-6-10-19(11-7-17)25-22(29)30-13-16-4-8-18(23)9-5-16/h4-12,15H,13H2,1-3H3,(H,24,28)(H,25,29). The van der Waals surface area contributed by atoms with Crippen molar-refractivity contribution < 1.29 is 14.3 Å². The van der Waals surface area contributed by atoms with Crippen LogP contribution in [0.4, 0.5) is 10.5 Å². The van der Waals surface area contributed by atoms with Crippen molar-refractivity contribution in [3.63, 3.8) is 0 Å². The van der Waals surface area contributed by atoms with E-state index < -0.39 is 6.09 Å². The van der Waals surface area contributed by atoms with Gasteiger partial charge in [0.25, 0.3) is 5.91 Å². The van der Waals surface area contributed by atoms with Gasteiger partial charge in [-0.1, -0.05) is 35.9 Å². The number of halogens is 1. The summed E-state index contributed by atoms with van der Waals surface area (Å²) in [5.74, 6) is -0.196. The predicted molar refractivity (Wildman–Crippen MR) is 116 cm³/mol. The number of carbonyl (C=O) groups excluding carboxylic acids is 2. The number of aromatic nitrogens is 2. The molecule has 2 aromatic carbocycles. The van der Waals surface area contributed by atoms with Gasteiger partial charge in [0.2, 0.25) is 0 Å². The van der Waals surface area contributed by atoms with E-state index in [1.165, 1.54) is 0 Å². The van der Waals surface area contributed by atoms with E-state index in [0.29, 0.717) is 16.4 Å². The summed E-state index contributed by atoms with van der Waals surface area (Å²) < 4.78 is 6.76. The Morgan fingerprint density at radius 1 is 1.13 bits per heavy atom. The van der Waals surface area contributed by atoms with Crippen LogP contribution in [0, 0.1) is 6.92 Å². The Bertz CT molecular complexity index is 1030. The molecule has 2 amide bonds. The maximum Gasteiger partial charge on any atom is 0.411 e. The average molecular weight is 427 g/mol. The second kappa shape index (κ2) is 9.45. The Balaban J connectivity index is 1.52. The summed E-state index contributed by atoms with van der Waals surface area (Å²) in [6, 6.07) is 15.8. The fourth-order valence-electron chi connectivity index (χ4n) is 2.92. The number of aryl methyl sites for hydroxylation is 2. The first kappa shape index (κ1) is 21.4. The molecule has 0 aliphatic carbocycles. The molecule has 8 heteroatoms. The van der Waals surface area contributed by atoms with Gasteiger partial charge < -0.3 is 10.1 Å². The van der Waals surface area contributed by atoms with Gasteiger partial charge in [-0.2, -0.15) is 5.10 Å². The lowest BCUT2D eigenvalue weighted by Crippen LogP contribution is -2.28. The van der Waals surface area contributed by atoms with Crippen LogP contribution in [-0.4, -0.2) is 21.8 Å². The van der Waals surface area contributed by atoms with Crippen LogP contribution in [0.3, 0.4) is 0 Å². The molecule has 3 rings (SSSR count). The van der Waals surface area contributed by atoms with Crippen LogP contribution in [-0.2, 0) is 18.4 Å². The molecule has 0 fully saturated rings. The predicted octanol–water partition coefficient (Wildman–Crippen LogP) is 4.62. The van der Waals surface area contributed by atoms with E-state index >= 15 is 0 Å². The highest BCUT2D eigenvalue weighted by Crippen LogP contribution is 2.17. The first-order chi connectivity index (χ1) is 14.3. The lowest BCUT2D eigenvalue weighted by atomic mass is 10.1. The smallest absolute Gasteiger partial charge is 0.411 e. The lowest BCUT2D eigenvalue weighted by Gasteiger charge is -2.15. The zero-order valence-electron chi connectivity index (χ0n) is 17.0. The number of carbonyl (C=O) groups is 2. The van der Waals surface area contributed by atoms with E-state index in [-0.39, 0.29) is 18.6 Å². The van der Waals surface area contributed by atoms with Gasteiger partial charge in [0.15, 0.2) is 0 Å². The van der Waals surface area contributed by atoms with Crippen molar-refractivity contribution >= 4 is 29.3 Å². The van der Waals surface area contributed by atoms with Gasteiger partial charge in [0, 0.05) is 17.8 Å². The molecule has 1 unspecified atom stereocenters. The molecule has 156 valence electrons. The third kappa shape index (κ3) is 5.61. The average Bonchev–Trinajstić information content (AvgIpc) is 3.06. The van der Waals surface area contributed by atoms with Crippen molar-refractivity contribution in [2.24, 2.45) is 7.05 Å². The Labute approximate surface area is 180 Å². The maximum atomic E-state index is 12.4. The van der Waals surface area contributed by atoms with Crippen molar-refractivity contribution in [3.8, 4) is 0 Å². The van der Waals surface area contributed by atoms with E-state index in [9.17, 15) is 9.59 Å². The van der Waals surface area contributed by atoms with E-state index in [1.807, 2.05) is 26.0 Å². The molecule has 0 saturated carbocycles. The molecule has 0 aliphatic rings. The molecule has 7 nitrogen and oxygen atoms in total. The summed E-state index contributed by atoms with van der Waals surface area (Å²) >= 11 is 5.84. The highest BCUT2D eigenvalue weighted by molar-refractivity contribution is 6.30. The van der Waals surface area contributed by atoms with Crippen LogP contribution in [0.2, 0.25) is 5.02 Å². The summed E-state index contributed by atoms with van der Waals surface area (Å²) in [7, 11) is 1.74. The summed E-state index contributed by atoms with van der Waals surface area (Å²) in [5.41, 5.74) is 3.63. The Kier molecular flexibility index (Phi) is 6.74. The van der Waals surface area contributed by atoms with E-state index in [0.717, 1.165) is 16.8 Å². The third-order valence-corrected chi connectivity index (χ3v) is 4.77. The maximum absolute atomic E-state index is 12.4. The second-order valence-corrected chi connectivity index (χ2v) is 7.38. The minimum Gasteiger partial charge on any atom is -0.444 e. The van der Waals surface area contributed by atoms with Crippen molar-refractivity contribution in [3.05, 3.63) is 82.1 Å². The molecule has 1 atom stereocenters. The molecule has 1 aromatic heterocycles. The molecule has 30 heavy (non-hydrogen) atoms. The van der Waals surface area contributed by atoms with Crippen LogP contribution >= 0.6 is 11.6 Å². The summed E-state index contributed by atoms with van der Waals surface area (Å²) in [6.45, 7) is 3.88. The number of nitrogens with zero attached hydrogens (tertiary/aromatic N) is 2. The number of hydrogen-bond donors (Lipinski definition) is 2. The normalized spacial score (nSPS) is 11.6. The van der Waals surface area contributed by atoms with Crippen LogP contribution in [0.1, 0.15) is 40.3 Å². The van der Waals surface area contributed by atoms with Crippen LogP contribution in [0.15, 0.2) is 54.6 Å². The van der Waals surface area contributed by atoms with Gasteiger partial charge in [-0.3, -0.25) is 14.8 Å². The van der Waals surface area contributed by atoms with Crippen LogP contribution < -0.4 is 10.6 Å². The largest absolute Gasteiger partial charge is 0.444 e. The minimum absolute atomic E-state index is 0.150. The SMILES string of the molecule is Cc1cc(C(=O)NC(C)c2ccc(NC(=O)OCc3ccc(Cl)cc3)cc2)n(C)n1. The Morgan fingerprint density at radius 3 is 2.40 bits per heavy atom. The van der Waals surface area contributed by atoms with Gasteiger partial charge in [0.1, 0.15) is 12.3 Å². The number of hydrogen-bond acceptors (Lipinski definition) is 4. The van der Waals surface area contributed by atoms with E-state index in [1.54, 1.807) is 54.2 Å². The van der Waals surface area contributed by atoms with Gasteiger partial charge in [-0.15, -0.1) is 0 Å². The summed E-state index contributed by atoms with van der Waals surface area (Å²) in [5, 5.41) is 10.4. The second-order valence-electron chi connectivity index (χ2n) is 6.94. The molecular weight excluding hydrogens is 404 g/mol. The number of anilines is 1. The number of ether oxygens (including phenoxy) is 1. The monoisotopic (exact) mass is 426 g/mol. The summed E-state index contributed by atoms with van der Waals surface area (Å²) in [6.07, 6.45) is -0.550. The van der Waals surface area contributed by atoms with Crippen molar-refractivity contribution in [1.82, 2.24) is 15.1 Å². The highest BCUT2D eigenvalue weighted by Gasteiger charge is 2.15. The topological polar surface area (TPSA) is 85.3 Å². The molecule has 0 saturated heterocycles. The van der Waals surface area contributed by atoms with Crippen molar-refractivity contribution in [2.45, 2.75) is 26.5 Å². The first-order valence-corrected chi connectivity index (χ1v) is 9.79. The number of rotatable bonds is 6. The number of nitrogens with one attached hydrogen (secondary N) is 2. The van der Waals surface area contributed by atoms with Crippen LogP contribution in [0.25, 0.3) is 0 Å². The van der Waals surface area contributed by atoms with Crippen molar-refractivity contribution in [1.29, 1.82) is 0 Å². The van der Waals surface area contributed by atoms with Gasteiger partial charge >= 0.3 is 6.09 Å². The van der Waals surface area contributed by atoms with Gasteiger partial charge in [-0.25, -0.2) is 4.79 Å². The lowest BCUT2D eigenvalue weighted by molar-refractivity contribution is 0.0930. The molecule has 0 spiro atoms. The zero-order valence-corrected chi connectivity index (χ0v) is 17.7. The van der Waals surface area contributed by atoms with E-state index in [2.05, 4.69) is 15.7 Å². The quantitative estimate of drug-likeness (QED) is 0.602. The van der Waals surface area contributed by atoms with Crippen molar-refractivity contribution in [2.75, 3.05) is 5.32 Å². The fraction of sp³-hybridized carbons (Fsp3) is 0.227. The molecule has 0 aliphatic heterocycles. The minimum atomic E-state index is -0.550. The molecule has 3 aromatic rings. The first-order valence-electron chi connectivity index (χ1n) is 9.41. The summed E-state index contributed by atoms with van der Waals surface area (Å²) in [4.78, 5) is 24.4. The fourth-order valence-corrected chi connectivity index (χ4v) is 3.04. The molecule has 2 N–H and O–H groups in total. The third-order valence-electron chi connectivity index (χ3n) is 4.52. The molecular formula is C22H23ClN4O3. The van der Waals surface area contributed by atoms with E-state index in [4.69, 9.17) is 16.3 Å². The highest BCUT2D eigenvalue weighted by atomic mass is 35.5. The molecule has 0 radical (unpaired) electrons. The zero-order chi connectivity index (χ0) is 21.7. The van der Waals surface area contributed by atoms with Crippen LogP contribution in [0.5, 0.6) is 0 Å². The van der Waals surface area contributed by atoms with Gasteiger partial charge in [0.05, 0.1) is 11.7 Å². The Morgan fingerprint density at radius 2 is 1.80 bits per heavy atom.